The van der Waals surface area contributed by atoms with Crippen LogP contribution >= 0.6 is 0 Å². The first kappa shape index (κ1) is 15.7. The van der Waals surface area contributed by atoms with Crippen molar-refractivity contribution in [3.8, 4) is 0 Å². The number of para-hydroxylation sites is 2. The fourth-order valence-corrected chi connectivity index (χ4v) is 2.81. The highest BCUT2D eigenvalue weighted by Crippen LogP contribution is 2.10. The van der Waals surface area contributed by atoms with Gasteiger partial charge in [-0.2, -0.15) is 0 Å². The maximum absolute atomic E-state index is 10.3. The number of rotatable bonds is 7. The normalized spacial score (nSPS) is 12.6. The van der Waals surface area contributed by atoms with Crippen molar-refractivity contribution in [1.29, 1.82) is 0 Å². The lowest BCUT2D eigenvalue weighted by atomic mass is 10.2. The molecule has 4 nitrogen and oxygen atoms in total. The molecule has 0 saturated heterocycles. The molecule has 0 fully saturated rings. The first-order chi connectivity index (χ1) is 11.3. The zero-order valence-corrected chi connectivity index (χ0v) is 13.4. The average molecular weight is 311 g/mol. The van der Waals surface area contributed by atoms with Crippen LogP contribution in [0.2, 0.25) is 0 Å². The van der Waals surface area contributed by atoms with Gasteiger partial charge < -0.3 is 9.84 Å². The molecule has 0 amide bonds. The van der Waals surface area contributed by atoms with Crippen molar-refractivity contribution in [2.75, 3.05) is 6.61 Å². The lowest BCUT2D eigenvalue weighted by Gasteiger charge is -2.09. The molecular weight excluding hydrogens is 288 g/mol. The molecule has 1 atom stereocenters. The van der Waals surface area contributed by atoms with Gasteiger partial charge in [-0.3, -0.25) is 0 Å². The molecule has 23 heavy (non-hydrogen) atoms. The zero-order chi connectivity index (χ0) is 16.1. The molecule has 0 aliphatic rings. The van der Waals surface area contributed by atoms with Crippen LogP contribution in [0.5, 0.6) is 0 Å². The van der Waals surface area contributed by atoms with Gasteiger partial charge >= 0.3 is 0 Å². The van der Waals surface area contributed by atoms with E-state index in [1.54, 1.807) is 0 Å². The van der Waals surface area contributed by atoms with Gasteiger partial charge in [-0.15, -0.1) is 0 Å². The number of fused-ring (bicyclic) bond motifs is 1. The lowest BCUT2D eigenvalue weighted by molar-refractivity contribution is -0.679. The Balaban J connectivity index is 1.60. The van der Waals surface area contributed by atoms with Crippen LogP contribution in [0, 0.1) is 0 Å². The summed E-state index contributed by atoms with van der Waals surface area (Å²) in [5.41, 5.74) is 3.44. The van der Waals surface area contributed by atoms with Crippen LogP contribution in [0.15, 0.2) is 60.9 Å². The summed E-state index contributed by atoms with van der Waals surface area (Å²) in [4.78, 5) is 0. The van der Waals surface area contributed by atoms with Crippen molar-refractivity contribution in [1.82, 2.24) is 4.57 Å². The molecular formula is C19H23N2O2+. The number of aryl methyl sites for hydroxylation is 1. The van der Waals surface area contributed by atoms with Crippen molar-refractivity contribution >= 4 is 11.0 Å². The molecule has 0 saturated carbocycles. The second-order valence-electron chi connectivity index (χ2n) is 5.70. The molecule has 0 aliphatic heterocycles. The van der Waals surface area contributed by atoms with Gasteiger partial charge in [-0.05, 0) is 24.6 Å². The monoisotopic (exact) mass is 311 g/mol. The van der Waals surface area contributed by atoms with Crippen LogP contribution in [-0.2, 0) is 24.4 Å². The van der Waals surface area contributed by atoms with Crippen molar-refractivity contribution in [2.24, 2.45) is 0 Å². The Morgan fingerprint density at radius 3 is 2.61 bits per heavy atom. The van der Waals surface area contributed by atoms with Crippen LogP contribution in [0.3, 0.4) is 0 Å². The number of ether oxygens (including phenoxy) is 1. The standard InChI is InChI=1S/C19H23N2O2/c1-2-20-15-21(19-11-7-6-10-18(19)20)12-17(22)14-23-13-16-8-4-3-5-9-16/h3-11,15,17,22H,2,12-14H2,1H3/q+1. The van der Waals surface area contributed by atoms with Crippen molar-refractivity contribution in [3.63, 3.8) is 0 Å². The van der Waals surface area contributed by atoms with E-state index in [1.807, 2.05) is 42.5 Å². The van der Waals surface area contributed by atoms with E-state index in [4.69, 9.17) is 4.74 Å². The summed E-state index contributed by atoms with van der Waals surface area (Å²) in [5.74, 6) is 0. The first-order valence-electron chi connectivity index (χ1n) is 8.05. The number of aliphatic hydroxyl groups is 1. The van der Waals surface area contributed by atoms with E-state index in [0.29, 0.717) is 19.8 Å². The number of imidazole rings is 1. The first-order valence-corrected chi connectivity index (χ1v) is 8.05. The van der Waals surface area contributed by atoms with E-state index >= 15 is 0 Å². The summed E-state index contributed by atoms with van der Waals surface area (Å²) >= 11 is 0. The van der Waals surface area contributed by atoms with Crippen LogP contribution in [0.4, 0.5) is 0 Å². The summed E-state index contributed by atoms with van der Waals surface area (Å²) in [7, 11) is 0. The Kier molecular flexibility index (Phi) is 5.05. The van der Waals surface area contributed by atoms with E-state index < -0.39 is 6.10 Å². The molecule has 0 spiro atoms. The van der Waals surface area contributed by atoms with Gasteiger partial charge in [0.05, 0.1) is 19.8 Å². The Labute approximate surface area is 136 Å². The van der Waals surface area contributed by atoms with Crippen molar-refractivity contribution in [3.05, 3.63) is 66.5 Å². The van der Waals surface area contributed by atoms with Gasteiger partial charge in [-0.1, -0.05) is 42.5 Å². The summed E-state index contributed by atoms with van der Waals surface area (Å²) in [5, 5.41) is 10.3. The molecule has 3 rings (SSSR count). The summed E-state index contributed by atoms with van der Waals surface area (Å²) in [6, 6.07) is 18.3. The van der Waals surface area contributed by atoms with E-state index in [0.717, 1.165) is 17.6 Å². The Hall–Kier alpha value is -2.17. The molecule has 2 aromatic carbocycles. The average Bonchev–Trinajstić information content (AvgIpc) is 2.94. The highest BCUT2D eigenvalue weighted by Gasteiger charge is 2.17. The van der Waals surface area contributed by atoms with Crippen LogP contribution in [0.25, 0.3) is 11.0 Å². The van der Waals surface area contributed by atoms with Gasteiger partial charge in [0, 0.05) is 0 Å². The molecule has 1 aromatic heterocycles. The third-order valence-electron chi connectivity index (χ3n) is 3.95. The van der Waals surface area contributed by atoms with Crippen LogP contribution < -0.4 is 4.57 Å². The zero-order valence-electron chi connectivity index (χ0n) is 13.4. The molecule has 4 heteroatoms. The second kappa shape index (κ2) is 7.40. The van der Waals surface area contributed by atoms with Gasteiger partial charge in [0.2, 0.25) is 6.33 Å². The van der Waals surface area contributed by atoms with Gasteiger partial charge in [-0.25, -0.2) is 9.13 Å². The summed E-state index contributed by atoms with van der Waals surface area (Å²) in [6.07, 6.45) is 1.53. The molecule has 1 unspecified atom stereocenters. The molecule has 0 bridgehead atoms. The minimum atomic E-state index is -0.528. The highest BCUT2D eigenvalue weighted by atomic mass is 16.5. The molecule has 0 radical (unpaired) electrons. The Bertz CT molecular complexity index is 752. The number of hydrogen-bond donors (Lipinski definition) is 1. The number of hydrogen-bond acceptors (Lipinski definition) is 2. The van der Waals surface area contributed by atoms with E-state index in [-0.39, 0.29) is 0 Å². The third-order valence-corrected chi connectivity index (χ3v) is 3.95. The molecule has 3 aromatic rings. The third kappa shape index (κ3) is 3.78. The Morgan fingerprint density at radius 2 is 1.83 bits per heavy atom. The van der Waals surface area contributed by atoms with Crippen molar-refractivity contribution in [2.45, 2.75) is 32.7 Å². The lowest BCUT2D eigenvalue weighted by Crippen LogP contribution is -2.40. The van der Waals surface area contributed by atoms with Gasteiger partial charge in [0.15, 0.2) is 11.0 Å². The number of benzene rings is 2. The van der Waals surface area contributed by atoms with E-state index in [9.17, 15) is 5.11 Å². The predicted octanol–water partition coefficient (Wildman–Crippen LogP) is 2.53. The summed E-state index contributed by atoms with van der Waals surface area (Å²) in [6.45, 7) is 4.42. The fraction of sp³-hybridized carbons (Fsp3) is 0.316. The topological polar surface area (TPSA) is 38.3 Å². The molecule has 1 N–H and O–H groups in total. The van der Waals surface area contributed by atoms with Gasteiger partial charge in [0.1, 0.15) is 12.6 Å². The summed E-state index contributed by atoms with van der Waals surface area (Å²) < 4.78 is 9.91. The van der Waals surface area contributed by atoms with Crippen LogP contribution in [0.1, 0.15) is 12.5 Å². The quantitative estimate of drug-likeness (QED) is 0.681. The Morgan fingerprint density at radius 1 is 1.09 bits per heavy atom. The number of aliphatic hydroxyl groups excluding tert-OH is 1. The van der Waals surface area contributed by atoms with E-state index in [2.05, 4.69) is 34.5 Å². The number of aromatic nitrogens is 2. The maximum Gasteiger partial charge on any atom is 0.244 e. The maximum atomic E-state index is 10.3. The molecule has 0 aliphatic carbocycles. The SMILES string of the molecule is CCn1c[n+](CC(O)COCc2ccccc2)c2ccccc21. The highest BCUT2D eigenvalue weighted by molar-refractivity contribution is 5.71. The van der Waals surface area contributed by atoms with Gasteiger partial charge in [0.25, 0.3) is 0 Å². The second-order valence-corrected chi connectivity index (χ2v) is 5.70. The molecule has 120 valence electrons. The number of nitrogens with zero attached hydrogens (tertiary/aromatic N) is 2. The predicted molar refractivity (Wildman–Crippen MR) is 89.9 cm³/mol. The minimum Gasteiger partial charge on any atom is -0.387 e. The minimum absolute atomic E-state index is 0.327. The fourth-order valence-electron chi connectivity index (χ4n) is 2.81. The van der Waals surface area contributed by atoms with Crippen LogP contribution in [-0.4, -0.2) is 22.4 Å². The molecule has 1 heterocycles. The smallest absolute Gasteiger partial charge is 0.244 e. The van der Waals surface area contributed by atoms with Crippen molar-refractivity contribution < 1.29 is 14.4 Å². The largest absolute Gasteiger partial charge is 0.387 e. The van der Waals surface area contributed by atoms with E-state index in [1.165, 1.54) is 5.52 Å².